The number of carboxylic acid groups (broad SMARTS) is 1. The minimum Gasteiger partial charge on any atom is -0.481 e. The summed E-state index contributed by atoms with van der Waals surface area (Å²) in [6, 6.07) is 0.399. The summed E-state index contributed by atoms with van der Waals surface area (Å²) in [5.74, 6) is -1.06. The fourth-order valence-corrected chi connectivity index (χ4v) is 3.37. The van der Waals surface area contributed by atoms with E-state index in [4.69, 9.17) is 4.74 Å². The molecule has 2 saturated heterocycles. The number of hydrogen-bond donors (Lipinski definition) is 2. The van der Waals surface area contributed by atoms with Gasteiger partial charge in [-0.2, -0.15) is 0 Å². The number of carbonyl (C=O) groups excluding carboxylic acids is 1. The summed E-state index contributed by atoms with van der Waals surface area (Å²) in [6.45, 7) is 11.0. The first-order valence-electron chi connectivity index (χ1n) is 8.34. The number of piperidine rings is 1. The molecule has 2 fully saturated rings. The average molecular weight is 327 g/mol. The van der Waals surface area contributed by atoms with E-state index < -0.39 is 11.6 Å². The molecule has 3 atom stereocenters. The lowest BCUT2D eigenvalue weighted by atomic mass is 9.93. The van der Waals surface area contributed by atoms with Gasteiger partial charge in [-0.3, -0.25) is 9.69 Å². The van der Waals surface area contributed by atoms with Crippen LogP contribution in [0.25, 0.3) is 0 Å². The van der Waals surface area contributed by atoms with Crippen molar-refractivity contribution in [2.75, 3.05) is 32.7 Å². The first kappa shape index (κ1) is 18.0. The standard InChI is InChI=1S/C16H29N3O4/c1-11-10-18(15(22)23-16(2,3)4)5-6-19(11)13-7-12(14(20)21)8-17-9-13/h11-13,17H,5-10H2,1-4H3,(H,20,21)/t11-,12+,13-/m0/s1. The minimum atomic E-state index is -0.734. The number of hydrogen-bond acceptors (Lipinski definition) is 5. The summed E-state index contributed by atoms with van der Waals surface area (Å²) in [6.07, 6.45) is 0.397. The largest absolute Gasteiger partial charge is 0.481 e. The molecule has 0 aromatic carbocycles. The predicted molar refractivity (Wildman–Crippen MR) is 86.4 cm³/mol. The molecule has 2 aliphatic rings. The van der Waals surface area contributed by atoms with E-state index >= 15 is 0 Å². The highest BCUT2D eigenvalue weighted by atomic mass is 16.6. The SMILES string of the molecule is C[C@H]1CN(C(=O)OC(C)(C)C)CCN1[C@@H]1CNC[C@H](C(=O)O)C1. The van der Waals surface area contributed by atoms with Crippen molar-refractivity contribution < 1.29 is 19.4 Å². The molecule has 2 N–H and O–H groups in total. The van der Waals surface area contributed by atoms with Crippen LogP contribution in [0, 0.1) is 5.92 Å². The number of nitrogens with zero attached hydrogens (tertiary/aromatic N) is 2. The van der Waals surface area contributed by atoms with Gasteiger partial charge in [0.25, 0.3) is 0 Å². The highest BCUT2D eigenvalue weighted by molar-refractivity contribution is 5.70. The van der Waals surface area contributed by atoms with Crippen molar-refractivity contribution in [1.29, 1.82) is 0 Å². The fourth-order valence-electron chi connectivity index (χ4n) is 3.37. The molecule has 132 valence electrons. The molecule has 0 bridgehead atoms. The second kappa shape index (κ2) is 7.05. The molecular formula is C16H29N3O4. The van der Waals surface area contributed by atoms with Crippen LogP contribution in [-0.2, 0) is 9.53 Å². The zero-order valence-corrected chi connectivity index (χ0v) is 14.5. The van der Waals surface area contributed by atoms with Crippen LogP contribution in [0.3, 0.4) is 0 Å². The summed E-state index contributed by atoms with van der Waals surface area (Å²) in [5.41, 5.74) is -0.487. The summed E-state index contributed by atoms with van der Waals surface area (Å²) in [5, 5.41) is 12.4. The number of nitrogens with one attached hydrogen (secondary N) is 1. The first-order valence-corrected chi connectivity index (χ1v) is 8.34. The number of carbonyl (C=O) groups is 2. The number of carboxylic acids is 1. The lowest BCUT2D eigenvalue weighted by Crippen LogP contribution is -2.61. The van der Waals surface area contributed by atoms with Gasteiger partial charge in [0.05, 0.1) is 5.92 Å². The third kappa shape index (κ3) is 4.81. The molecule has 0 radical (unpaired) electrons. The van der Waals surface area contributed by atoms with Crippen LogP contribution in [0.2, 0.25) is 0 Å². The Bertz CT molecular complexity index is 449. The van der Waals surface area contributed by atoms with Gasteiger partial charge in [-0.25, -0.2) is 4.79 Å². The molecule has 0 aromatic rings. The van der Waals surface area contributed by atoms with E-state index in [-0.39, 0.29) is 24.1 Å². The van der Waals surface area contributed by atoms with Gasteiger partial charge >= 0.3 is 12.1 Å². The maximum absolute atomic E-state index is 12.2. The fraction of sp³-hybridized carbons (Fsp3) is 0.875. The molecule has 0 spiro atoms. The van der Waals surface area contributed by atoms with Crippen LogP contribution >= 0.6 is 0 Å². The van der Waals surface area contributed by atoms with E-state index in [0.717, 1.165) is 13.1 Å². The molecule has 0 aliphatic carbocycles. The molecule has 7 heteroatoms. The zero-order valence-electron chi connectivity index (χ0n) is 14.5. The van der Waals surface area contributed by atoms with Crippen molar-refractivity contribution in [3.05, 3.63) is 0 Å². The van der Waals surface area contributed by atoms with Gasteiger partial charge in [-0.1, -0.05) is 0 Å². The second-order valence-electron chi connectivity index (χ2n) is 7.60. The van der Waals surface area contributed by atoms with E-state index in [1.807, 2.05) is 20.8 Å². The second-order valence-corrected chi connectivity index (χ2v) is 7.60. The summed E-state index contributed by atoms with van der Waals surface area (Å²) >= 11 is 0. The van der Waals surface area contributed by atoms with Gasteiger partial charge in [0, 0.05) is 44.8 Å². The molecule has 2 aliphatic heterocycles. The zero-order chi connectivity index (χ0) is 17.2. The van der Waals surface area contributed by atoms with E-state index in [2.05, 4.69) is 17.1 Å². The third-order valence-electron chi connectivity index (χ3n) is 4.48. The molecule has 2 heterocycles. The average Bonchev–Trinajstić information content (AvgIpc) is 2.45. The number of rotatable bonds is 2. The van der Waals surface area contributed by atoms with Crippen LogP contribution in [0.1, 0.15) is 34.1 Å². The van der Waals surface area contributed by atoms with Crippen LogP contribution < -0.4 is 5.32 Å². The molecule has 0 aromatic heterocycles. The van der Waals surface area contributed by atoms with E-state index in [1.165, 1.54) is 0 Å². The Hall–Kier alpha value is -1.34. The van der Waals surface area contributed by atoms with Gasteiger partial charge in [-0.15, -0.1) is 0 Å². The van der Waals surface area contributed by atoms with Crippen molar-refractivity contribution in [2.24, 2.45) is 5.92 Å². The number of ether oxygens (including phenoxy) is 1. The topological polar surface area (TPSA) is 82.1 Å². The molecule has 23 heavy (non-hydrogen) atoms. The lowest BCUT2D eigenvalue weighted by Gasteiger charge is -2.45. The maximum Gasteiger partial charge on any atom is 0.410 e. The normalized spacial score (nSPS) is 30.1. The lowest BCUT2D eigenvalue weighted by molar-refractivity contribution is -0.143. The number of amides is 1. The van der Waals surface area contributed by atoms with Crippen molar-refractivity contribution in [2.45, 2.75) is 51.8 Å². The molecular weight excluding hydrogens is 298 g/mol. The van der Waals surface area contributed by atoms with Crippen molar-refractivity contribution in [3.8, 4) is 0 Å². The van der Waals surface area contributed by atoms with Crippen molar-refractivity contribution in [1.82, 2.24) is 15.1 Å². The molecule has 2 rings (SSSR count). The number of piperazine rings is 1. The van der Waals surface area contributed by atoms with Crippen LogP contribution in [0.4, 0.5) is 4.79 Å². The van der Waals surface area contributed by atoms with E-state index in [0.29, 0.717) is 26.1 Å². The van der Waals surface area contributed by atoms with Gasteiger partial charge in [0.2, 0.25) is 0 Å². The molecule has 0 saturated carbocycles. The Balaban J connectivity index is 1.91. The smallest absolute Gasteiger partial charge is 0.410 e. The summed E-state index contributed by atoms with van der Waals surface area (Å²) in [4.78, 5) is 27.5. The predicted octanol–water partition coefficient (Wildman–Crippen LogP) is 0.990. The maximum atomic E-state index is 12.2. The van der Waals surface area contributed by atoms with Gasteiger partial charge in [-0.05, 0) is 34.1 Å². The Kier molecular flexibility index (Phi) is 5.52. The molecule has 7 nitrogen and oxygen atoms in total. The van der Waals surface area contributed by atoms with Crippen molar-refractivity contribution >= 4 is 12.1 Å². The van der Waals surface area contributed by atoms with E-state index in [9.17, 15) is 14.7 Å². The minimum absolute atomic E-state index is 0.190. The Morgan fingerprint density at radius 2 is 1.91 bits per heavy atom. The van der Waals surface area contributed by atoms with Crippen molar-refractivity contribution in [3.63, 3.8) is 0 Å². The first-order chi connectivity index (χ1) is 10.7. The highest BCUT2D eigenvalue weighted by Gasteiger charge is 2.36. The van der Waals surface area contributed by atoms with Gasteiger partial charge in [0.15, 0.2) is 0 Å². The quantitative estimate of drug-likeness (QED) is 0.787. The van der Waals surface area contributed by atoms with Crippen LogP contribution in [0.15, 0.2) is 0 Å². The Morgan fingerprint density at radius 1 is 1.22 bits per heavy atom. The summed E-state index contributed by atoms with van der Waals surface area (Å²) < 4.78 is 5.43. The van der Waals surface area contributed by atoms with E-state index in [1.54, 1.807) is 4.90 Å². The molecule has 0 unspecified atom stereocenters. The van der Waals surface area contributed by atoms with Gasteiger partial charge in [0.1, 0.15) is 5.60 Å². The monoisotopic (exact) mass is 327 g/mol. The number of aliphatic carboxylic acids is 1. The highest BCUT2D eigenvalue weighted by Crippen LogP contribution is 2.22. The van der Waals surface area contributed by atoms with Crippen LogP contribution in [-0.4, -0.2) is 77.4 Å². The Labute approximate surface area is 138 Å². The Morgan fingerprint density at radius 3 is 2.48 bits per heavy atom. The van der Waals surface area contributed by atoms with Gasteiger partial charge < -0.3 is 20.1 Å². The van der Waals surface area contributed by atoms with Crippen LogP contribution in [0.5, 0.6) is 0 Å². The molecule has 1 amide bonds. The third-order valence-corrected chi connectivity index (χ3v) is 4.48. The summed E-state index contributed by atoms with van der Waals surface area (Å²) in [7, 11) is 0.